The molecule has 1 amide bonds. The fourth-order valence-electron chi connectivity index (χ4n) is 2.39. The summed E-state index contributed by atoms with van der Waals surface area (Å²) in [6, 6.07) is 17.2. The summed E-state index contributed by atoms with van der Waals surface area (Å²) in [5, 5.41) is -1.35. The molecule has 0 saturated carbocycles. The number of Topliss-reactive ketones (excluding diaryl/α,β-unsaturated/α-hetero) is 2. The summed E-state index contributed by atoms with van der Waals surface area (Å²) in [7, 11) is 0. The topological polar surface area (TPSA) is 54.5 Å². The van der Waals surface area contributed by atoms with Crippen molar-refractivity contribution in [3.05, 3.63) is 71.8 Å². The lowest BCUT2D eigenvalue weighted by molar-refractivity contribution is 0.0903. The van der Waals surface area contributed by atoms with Crippen LogP contribution < -0.4 is 0 Å². The molecule has 0 N–H and O–H groups in total. The highest BCUT2D eigenvalue weighted by atomic mass is 32.2. The minimum Gasteiger partial charge on any atom is -0.334 e. The van der Waals surface area contributed by atoms with E-state index in [1.165, 1.54) is 0 Å². The second-order valence-electron chi connectivity index (χ2n) is 5.40. The lowest BCUT2D eigenvalue weighted by Crippen LogP contribution is -2.34. The van der Waals surface area contributed by atoms with Gasteiger partial charge in [0.05, 0.1) is 0 Å². The second kappa shape index (κ2) is 9.18. The lowest BCUT2D eigenvalue weighted by Gasteiger charge is -2.21. The normalized spacial score (nSPS) is 10.5. The third-order valence-electron chi connectivity index (χ3n) is 3.83. The number of benzene rings is 2. The van der Waals surface area contributed by atoms with E-state index in [-0.39, 0.29) is 16.8 Å². The first-order valence-electron chi connectivity index (χ1n) is 8.22. The van der Waals surface area contributed by atoms with Crippen LogP contribution in [0.5, 0.6) is 0 Å². The van der Waals surface area contributed by atoms with Gasteiger partial charge in [0.1, 0.15) is 5.25 Å². The van der Waals surface area contributed by atoms with Gasteiger partial charge >= 0.3 is 0 Å². The third-order valence-corrected chi connectivity index (χ3v) is 4.96. The Labute approximate surface area is 152 Å². The lowest BCUT2D eigenvalue weighted by atomic mass is 10.0. The maximum atomic E-state index is 12.9. The van der Waals surface area contributed by atoms with Crippen molar-refractivity contribution in [3.8, 4) is 0 Å². The first-order chi connectivity index (χ1) is 12.1. The van der Waals surface area contributed by atoms with Crippen LogP contribution in [0.25, 0.3) is 0 Å². The maximum Gasteiger partial charge on any atom is 0.282 e. The van der Waals surface area contributed by atoms with Crippen molar-refractivity contribution in [2.45, 2.75) is 19.1 Å². The average Bonchev–Trinajstić information content (AvgIpc) is 2.67. The van der Waals surface area contributed by atoms with Crippen LogP contribution in [-0.4, -0.2) is 40.0 Å². The number of thioether (sulfide) groups is 1. The summed E-state index contributed by atoms with van der Waals surface area (Å²) in [4.78, 5) is 39.8. The zero-order valence-corrected chi connectivity index (χ0v) is 15.2. The molecule has 0 aliphatic rings. The van der Waals surface area contributed by atoms with Gasteiger partial charge in [-0.1, -0.05) is 60.7 Å². The van der Waals surface area contributed by atoms with Crippen molar-refractivity contribution in [3.63, 3.8) is 0 Å². The Bertz CT molecular complexity index is 676. The van der Waals surface area contributed by atoms with Crippen molar-refractivity contribution in [2.24, 2.45) is 0 Å². The Balaban J connectivity index is 2.33. The molecule has 4 nitrogen and oxygen atoms in total. The summed E-state index contributed by atoms with van der Waals surface area (Å²) in [6.45, 7) is 4.81. The quantitative estimate of drug-likeness (QED) is 0.548. The van der Waals surface area contributed by atoms with E-state index in [2.05, 4.69) is 0 Å². The number of nitrogens with zero attached hydrogens (tertiary/aromatic N) is 1. The summed E-state index contributed by atoms with van der Waals surface area (Å²) >= 11 is 0.796. The molecule has 0 radical (unpaired) electrons. The van der Waals surface area contributed by atoms with Gasteiger partial charge in [0.25, 0.3) is 5.24 Å². The van der Waals surface area contributed by atoms with Crippen molar-refractivity contribution < 1.29 is 14.4 Å². The molecular weight excluding hydrogens is 334 g/mol. The molecule has 0 saturated heterocycles. The Kier molecular flexibility index (Phi) is 6.95. The predicted octanol–water partition coefficient (Wildman–Crippen LogP) is 4.32. The molecule has 0 atom stereocenters. The van der Waals surface area contributed by atoms with E-state index in [9.17, 15) is 14.4 Å². The standard InChI is InChI=1S/C20H21NO3S/c1-3-21(4-2)20(24)25-19(17(22)15-11-7-5-8-12-15)18(23)16-13-9-6-10-14-16/h5-14,19H,3-4H2,1-2H3. The molecule has 130 valence electrons. The minimum atomic E-state index is -1.09. The fraction of sp³-hybridized carbons (Fsp3) is 0.250. The number of ketones is 2. The molecule has 2 rings (SSSR count). The zero-order chi connectivity index (χ0) is 18.2. The van der Waals surface area contributed by atoms with Crippen LogP contribution in [0.15, 0.2) is 60.7 Å². The van der Waals surface area contributed by atoms with Crippen molar-refractivity contribution in [2.75, 3.05) is 13.1 Å². The van der Waals surface area contributed by atoms with Gasteiger partial charge in [-0.15, -0.1) is 0 Å². The van der Waals surface area contributed by atoms with Gasteiger partial charge in [-0.2, -0.15) is 0 Å². The van der Waals surface area contributed by atoms with E-state index in [0.717, 1.165) is 11.8 Å². The molecule has 5 heteroatoms. The maximum absolute atomic E-state index is 12.9. The first-order valence-corrected chi connectivity index (χ1v) is 9.10. The first kappa shape index (κ1) is 18.9. The molecule has 0 aliphatic carbocycles. The van der Waals surface area contributed by atoms with Gasteiger partial charge in [0, 0.05) is 24.2 Å². The van der Waals surface area contributed by atoms with Gasteiger partial charge in [-0.25, -0.2) is 0 Å². The molecule has 2 aromatic carbocycles. The van der Waals surface area contributed by atoms with Crippen LogP contribution in [0, 0.1) is 0 Å². The number of hydrogen-bond donors (Lipinski definition) is 0. The van der Waals surface area contributed by atoms with E-state index < -0.39 is 5.25 Å². The number of hydrogen-bond acceptors (Lipinski definition) is 4. The molecular formula is C20H21NO3S. The van der Waals surface area contributed by atoms with Crippen LogP contribution in [0.2, 0.25) is 0 Å². The van der Waals surface area contributed by atoms with Gasteiger partial charge in [0.2, 0.25) is 0 Å². The highest BCUT2D eigenvalue weighted by Gasteiger charge is 2.32. The van der Waals surface area contributed by atoms with Crippen LogP contribution in [0.4, 0.5) is 4.79 Å². The Hall–Kier alpha value is -2.40. The van der Waals surface area contributed by atoms with Crippen molar-refractivity contribution in [1.29, 1.82) is 0 Å². The van der Waals surface area contributed by atoms with Crippen LogP contribution >= 0.6 is 11.8 Å². The van der Waals surface area contributed by atoms with Gasteiger partial charge in [0.15, 0.2) is 11.6 Å². The van der Waals surface area contributed by atoms with E-state index in [1.807, 2.05) is 13.8 Å². The van der Waals surface area contributed by atoms with Gasteiger partial charge in [-0.05, 0) is 25.6 Å². The molecule has 0 fully saturated rings. The molecule has 25 heavy (non-hydrogen) atoms. The van der Waals surface area contributed by atoms with E-state index in [4.69, 9.17) is 0 Å². The zero-order valence-electron chi connectivity index (χ0n) is 14.3. The number of amides is 1. The number of carbonyl (C=O) groups excluding carboxylic acids is 3. The molecule has 2 aromatic rings. The highest BCUT2D eigenvalue weighted by Crippen LogP contribution is 2.24. The number of carbonyl (C=O) groups is 3. The van der Waals surface area contributed by atoms with E-state index in [0.29, 0.717) is 24.2 Å². The average molecular weight is 355 g/mol. The van der Waals surface area contributed by atoms with Gasteiger partial charge in [-0.3, -0.25) is 14.4 Å². The predicted molar refractivity (Wildman–Crippen MR) is 101 cm³/mol. The van der Waals surface area contributed by atoms with Crippen LogP contribution in [0.3, 0.4) is 0 Å². The summed E-state index contributed by atoms with van der Waals surface area (Å²) in [5.74, 6) is -0.695. The summed E-state index contributed by atoms with van der Waals surface area (Å²) in [6.07, 6.45) is 0. The molecule has 0 aliphatic heterocycles. The van der Waals surface area contributed by atoms with Crippen molar-refractivity contribution >= 4 is 28.6 Å². The molecule has 0 bridgehead atoms. The van der Waals surface area contributed by atoms with E-state index in [1.54, 1.807) is 65.6 Å². The van der Waals surface area contributed by atoms with Crippen molar-refractivity contribution in [1.82, 2.24) is 4.90 Å². The largest absolute Gasteiger partial charge is 0.334 e. The second-order valence-corrected chi connectivity index (χ2v) is 6.45. The van der Waals surface area contributed by atoms with Crippen LogP contribution in [0.1, 0.15) is 34.6 Å². The third kappa shape index (κ3) is 4.79. The molecule has 0 unspecified atom stereocenters. The van der Waals surface area contributed by atoms with E-state index >= 15 is 0 Å². The smallest absolute Gasteiger partial charge is 0.282 e. The Morgan fingerprint density at radius 3 is 1.56 bits per heavy atom. The fourth-order valence-corrected chi connectivity index (χ4v) is 3.49. The van der Waals surface area contributed by atoms with Gasteiger partial charge < -0.3 is 4.90 Å². The highest BCUT2D eigenvalue weighted by molar-refractivity contribution is 8.15. The van der Waals surface area contributed by atoms with Crippen LogP contribution in [-0.2, 0) is 0 Å². The molecule has 0 spiro atoms. The monoisotopic (exact) mass is 355 g/mol. The molecule has 0 heterocycles. The number of rotatable bonds is 7. The Morgan fingerprint density at radius 2 is 1.20 bits per heavy atom. The summed E-state index contributed by atoms with van der Waals surface area (Å²) in [5.41, 5.74) is 0.855. The summed E-state index contributed by atoms with van der Waals surface area (Å²) < 4.78 is 0. The minimum absolute atomic E-state index is 0.261. The Morgan fingerprint density at radius 1 is 0.800 bits per heavy atom. The SMILES string of the molecule is CCN(CC)C(=O)SC(C(=O)c1ccccc1)C(=O)c1ccccc1. The molecule has 0 aromatic heterocycles.